The number of rotatable bonds is 1. The van der Waals surface area contributed by atoms with Gasteiger partial charge in [-0.3, -0.25) is 0 Å². The molecule has 1 unspecified atom stereocenters. The molecule has 0 aromatic rings. The van der Waals surface area contributed by atoms with Crippen molar-refractivity contribution in [2.24, 2.45) is 0 Å². The quantitative estimate of drug-likeness (QED) is 0.410. The van der Waals surface area contributed by atoms with Crippen molar-refractivity contribution in [2.45, 2.75) is 25.7 Å². The third kappa shape index (κ3) is 9.57. The maximum absolute atomic E-state index is 11.2. The molecule has 1 heterocycles. The Morgan fingerprint density at radius 1 is 1.05 bits per heavy atom. The molecule has 1 saturated carbocycles. The fourth-order valence-electron chi connectivity index (χ4n) is 1.85. The first kappa shape index (κ1) is 23.8. The third-order valence-corrected chi connectivity index (χ3v) is 3.78. The summed E-state index contributed by atoms with van der Waals surface area (Å²) in [7, 11) is 0. The summed E-state index contributed by atoms with van der Waals surface area (Å²) >= 11 is -1.22. The zero-order chi connectivity index (χ0) is 15.9. The summed E-state index contributed by atoms with van der Waals surface area (Å²) in [4.78, 5) is 0.801. The van der Waals surface area contributed by atoms with Crippen LogP contribution in [0.4, 0.5) is 0 Å². The van der Waals surface area contributed by atoms with E-state index in [0.29, 0.717) is 6.61 Å². The van der Waals surface area contributed by atoms with E-state index >= 15 is 0 Å². The molecule has 4 nitrogen and oxygen atoms in total. The number of hydrogen-bond donors (Lipinski definition) is 0. The van der Waals surface area contributed by atoms with E-state index in [4.69, 9.17) is 13.5 Å². The van der Waals surface area contributed by atoms with Crippen LogP contribution in [0.1, 0.15) is 25.7 Å². The van der Waals surface area contributed by atoms with Crippen LogP contribution in [-0.2, 0) is 41.6 Å². The van der Waals surface area contributed by atoms with Gasteiger partial charge in [0, 0.05) is 6.61 Å². The SMILES string of the molecule is O=S1OC[C-]=C1C1=CCCCC1.[C-]#[O+].[C-]#[O+].[CH]1[CH][CH][CH][CH]1.[Fe+2]. The molecule has 5 radical (unpaired) electrons. The topological polar surface area (TPSA) is 66.1 Å². The first-order chi connectivity index (χ1) is 10.4. The van der Waals surface area contributed by atoms with Gasteiger partial charge in [0.25, 0.3) is 0 Å². The van der Waals surface area contributed by atoms with Gasteiger partial charge in [-0.25, -0.2) is 10.3 Å². The summed E-state index contributed by atoms with van der Waals surface area (Å²) in [6.07, 6.45) is 19.8. The Hall–Kier alpha value is -0.411. The van der Waals surface area contributed by atoms with E-state index in [1.807, 2.05) is 32.1 Å². The molecule has 0 spiro atoms. The van der Waals surface area contributed by atoms with Crippen molar-refractivity contribution in [1.29, 1.82) is 0 Å². The normalized spacial score (nSPS) is 21.9. The smallest absolute Gasteiger partial charge is 0.0312 e. The van der Waals surface area contributed by atoms with Gasteiger partial charge < -0.3 is 4.18 Å². The molecule has 3 aliphatic rings. The Labute approximate surface area is 146 Å². The van der Waals surface area contributed by atoms with Crippen molar-refractivity contribution in [3.05, 3.63) is 68.0 Å². The molecule has 0 bridgehead atoms. The molecule has 117 valence electrons. The fraction of sp³-hybridized carbons (Fsp3) is 0.312. The van der Waals surface area contributed by atoms with Crippen LogP contribution in [0.5, 0.6) is 0 Å². The molecular formula is C16H16FeO4S+. The molecule has 1 atom stereocenters. The predicted octanol–water partition coefficient (Wildman–Crippen LogP) is 2.81. The van der Waals surface area contributed by atoms with Gasteiger partial charge in [-0.05, 0) is 32.1 Å². The van der Waals surface area contributed by atoms with E-state index in [0.717, 1.165) is 17.7 Å². The van der Waals surface area contributed by atoms with Gasteiger partial charge in [0.2, 0.25) is 0 Å². The second-order valence-electron chi connectivity index (χ2n) is 3.94. The fourth-order valence-corrected chi connectivity index (χ4v) is 2.71. The molecular weight excluding hydrogens is 344 g/mol. The van der Waals surface area contributed by atoms with Gasteiger partial charge >= 0.3 is 39.7 Å². The maximum atomic E-state index is 11.2. The van der Waals surface area contributed by atoms with E-state index in [1.54, 1.807) is 0 Å². The molecule has 0 saturated heterocycles. The van der Waals surface area contributed by atoms with Gasteiger partial charge in [0.15, 0.2) is 11.1 Å². The van der Waals surface area contributed by atoms with Gasteiger partial charge in [0.1, 0.15) is 0 Å². The molecule has 2 aliphatic carbocycles. The summed E-state index contributed by atoms with van der Waals surface area (Å²) in [5, 5.41) is 0. The number of hydrogen-bond acceptors (Lipinski definition) is 2. The first-order valence-electron chi connectivity index (χ1n) is 6.31. The van der Waals surface area contributed by atoms with Crippen molar-refractivity contribution < 1.29 is 34.8 Å². The van der Waals surface area contributed by atoms with Crippen molar-refractivity contribution in [2.75, 3.05) is 6.61 Å². The van der Waals surface area contributed by atoms with Gasteiger partial charge in [-0.15, -0.1) is 4.91 Å². The number of allylic oxidation sites excluding steroid dienone is 2. The molecule has 1 fully saturated rings. The van der Waals surface area contributed by atoms with Crippen LogP contribution in [0.15, 0.2) is 16.6 Å². The van der Waals surface area contributed by atoms with E-state index in [2.05, 4.69) is 25.5 Å². The van der Waals surface area contributed by atoms with Crippen molar-refractivity contribution >= 4 is 11.1 Å². The van der Waals surface area contributed by atoms with Crippen LogP contribution >= 0.6 is 0 Å². The molecule has 6 heteroatoms. The zero-order valence-electron chi connectivity index (χ0n) is 11.9. The summed E-state index contributed by atoms with van der Waals surface area (Å²) in [5.41, 5.74) is 1.19. The first-order valence-corrected chi connectivity index (χ1v) is 7.38. The second kappa shape index (κ2) is 17.0. The monoisotopic (exact) mass is 360 g/mol. The minimum Gasteiger partial charge on any atom is -0.0312 e. The van der Waals surface area contributed by atoms with Crippen LogP contribution in [0.3, 0.4) is 0 Å². The standard InChI is InChI=1S/C9H11O2S.C5H5.2CO.Fe/c10-12-9(6-7-11-12)8-4-2-1-3-5-8;1-2-4-5-3-1;2*1-2;/h4H,1-3,5,7H2;1-5H;;;/q-1;;;;+2. The summed E-state index contributed by atoms with van der Waals surface area (Å²) in [6, 6.07) is 0. The van der Waals surface area contributed by atoms with E-state index in [9.17, 15) is 4.21 Å². The van der Waals surface area contributed by atoms with Gasteiger partial charge in [-0.2, -0.15) is 11.6 Å². The van der Waals surface area contributed by atoms with Crippen LogP contribution in [0.25, 0.3) is 0 Å². The van der Waals surface area contributed by atoms with Crippen LogP contribution in [-0.4, -0.2) is 10.8 Å². The Bertz CT molecular complexity index is 395. The molecule has 0 aromatic heterocycles. The summed E-state index contributed by atoms with van der Waals surface area (Å²) < 4.78 is 31.1. The predicted molar refractivity (Wildman–Crippen MR) is 76.8 cm³/mol. The third-order valence-electron chi connectivity index (χ3n) is 2.70. The van der Waals surface area contributed by atoms with Gasteiger partial charge in [-0.1, -0.05) is 25.7 Å². The van der Waals surface area contributed by atoms with Gasteiger partial charge in [0.05, 0.1) is 0 Å². The van der Waals surface area contributed by atoms with E-state index in [-0.39, 0.29) is 17.1 Å². The molecule has 22 heavy (non-hydrogen) atoms. The minimum absolute atomic E-state index is 0. The van der Waals surface area contributed by atoms with Crippen LogP contribution in [0.2, 0.25) is 0 Å². The van der Waals surface area contributed by atoms with Crippen molar-refractivity contribution in [3.8, 4) is 0 Å². The van der Waals surface area contributed by atoms with E-state index in [1.165, 1.54) is 18.4 Å². The minimum atomic E-state index is -1.22. The van der Waals surface area contributed by atoms with E-state index < -0.39 is 11.1 Å². The Morgan fingerprint density at radius 2 is 1.59 bits per heavy atom. The second-order valence-corrected chi connectivity index (χ2v) is 5.05. The summed E-state index contributed by atoms with van der Waals surface area (Å²) in [5.74, 6) is 0. The molecule has 3 rings (SSSR count). The summed E-state index contributed by atoms with van der Waals surface area (Å²) in [6.45, 7) is 9.39. The van der Waals surface area contributed by atoms with Crippen molar-refractivity contribution in [1.82, 2.24) is 0 Å². The largest absolute Gasteiger partial charge is 2.00 e. The van der Waals surface area contributed by atoms with Crippen LogP contribution in [0, 0.1) is 51.5 Å². The molecule has 0 N–H and O–H groups in total. The Kier molecular flexibility index (Phi) is 18.4. The van der Waals surface area contributed by atoms with Crippen LogP contribution < -0.4 is 0 Å². The maximum Gasteiger partial charge on any atom is 2.00 e. The average Bonchev–Trinajstić information content (AvgIpc) is 3.27. The Balaban J connectivity index is 0. The molecule has 0 aromatic carbocycles. The molecule has 1 aliphatic heterocycles. The molecule has 0 amide bonds. The zero-order valence-corrected chi connectivity index (χ0v) is 13.8. The van der Waals surface area contributed by atoms with Crippen molar-refractivity contribution in [3.63, 3.8) is 0 Å². The Morgan fingerprint density at radius 3 is 1.95 bits per heavy atom. The average molecular weight is 360 g/mol.